The molecule has 0 radical (unpaired) electrons. The van der Waals surface area contributed by atoms with Crippen LogP contribution in [0.3, 0.4) is 0 Å². The van der Waals surface area contributed by atoms with E-state index in [1.54, 1.807) is 11.6 Å². The van der Waals surface area contributed by atoms with Crippen LogP contribution in [0.1, 0.15) is 23.2 Å². The molecule has 1 aliphatic rings. The van der Waals surface area contributed by atoms with E-state index in [2.05, 4.69) is 20.1 Å². The number of hydrogen-bond acceptors (Lipinski definition) is 8. The summed E-state index contributed by atoms with van der Waals surface area (Å²) in [5.74, 6) is 1.84. The van der Waals surface area contributed by atoms with Gasteiger partial charge in [-0.3, -0.25) is 0 Å². The summed E-state index contributed by atoms with van der Waals surface area (Å²) in [4.78, 5) is 13.2. The van der Waals surface area contributed by atoms with Crippen LogP contribution in [-0.4, -0.2) is 44.7 Å². The van der Waals surface area contributed by atoms with Gasteiger partial charge in [-0.15, -0.1) is 16.4 Å². The van der Waals surface area contributed by atoms with Crippen LogP contribution in [0.15, 0.2) is 16.2 Å². The standard InChI is InChI=1S/C14H15N5O3S2/c1-8-12(15-7-22-8)14-17-13(11-5-23-9(2)16-11)18-19(14)10-3-4-24(20,21)6-10/h5,7,10H,3-4,6H2,1-2H3/t10-/m0/s1. The molecule has 126 valence electrons. The molecule has 1 atom stereocenters. The van der Waals surface area contributed by atoms with Crippen molar-refractivity contribution in [3.05, 3.63) is 22.5 Å². The first-order valence-corrected chi connectivity index (χ1v) is 10.1. The van der Waals surface area contributed by atoms with Gasteiger partial charge in [0.15, 0.2) is 22.1 Å². The number of rotatable bonds is 3. The van der Waals surface area contributed by atoms with Gasteiger partial charge in [-0.2, -0.15) is 0 Å². The summed E-state index contributed by atoms with van der Waals surface area (Å²) in [6, 6.07) is -0.248. The zero-order chi connectivity index (χ0) is 16.9. The van der Waals surface area contributed by atoms with Crippen molar-refractivity contribution in [3.63, 3.8) is 0 Å². The van der Waals surface area contributed by atoms with Gasteiger partial charge in [0, 0.05) is 5.38 Å². The Labute approximate surface area is 142 Å². The highest BCUT2D eigenvalue weighted by atomic mass is 32.2. The van der Waals surface area contributed by atoms with Crippen molar-refractivity contribution in [1.29, 1.82) is 0 Å². The Hall–Kier alpha value is -2.07. The lowest BCUT2D eigenvalue weighted by molar-refractivity contribution is 0.502. The minimum atomic E-state index is -3.04. The van der Waals surface area contributed by atoms with Gasteiger partial charge in [0.1, 0.15) is 17.1 Å². The number of hydrogen-bond donors (Lipinski definition) is 0. The molecule has 3 aromatic rings. The van der Waals surface area contributed by atoms with E-state index in [0.29, 0.717) is 35.2 Å². The minimum Gasteiger partial charge on any atom is -0.448 e. The monoisotopic (exact) mass is 365 g/mol. The number of oxazole rings is 1. The maximum absolute atomic E-state index is 11.9. The molecule has 0 aromatic carbocycles. The molecule has 8 nitrogen and oxygen atoms in total. The Morgan fingerprint density at radius 1 is 1.33 bits per heavy atom. The smallest absolute Gasteiger partial charge is 0.201 e. The van der Waals surface area contributed by atoms with Gasteiger partial charge in [0.25, 0.3) is 0 Å². The second-order valence-electron chi connectivity index (χ2n) is 5.77. The largest absolute Gasteiger partial charge is 0.448 e. The van der Waals surface area contributed by atoms with Crippen molar-refractivity contribution in [3.8, 4) is 23.0 Å². The Kier molecular flexibility index (Phi) is 3.53. The van der Waals surface area contributed by atoms with Crippen LogP contribution in [0.4, 0.5) is 0 Å². The number of thiazole rings is 1. The minimum absolute atomic E-state index is 0.0653. The number of aryl methyl sites for hydroxylation is 2. The van der Waals surface area contributed by atoms with E-state index in [9.17, 15) is 8.42 Å². The molecule has 4 rings (SSSR count). The first kappa shape index (κ1) is 15.5. The molecule has 0 spiro atoms. The average Bonchev–Trinajstić information content (AvgIpc) is 3.25. The van der Waals surface area contributed by atoms with Gasteiger partial charge in [-0.1, -0.05) is 0 Å². The molecule has 4 heterocycles. The van der Waals surface area contributed by atoms with Crippen molar-refractivity contribution in [2.45, 2.75) is 26.3 Å². The Balaban J connectivity index is 1.84. The van der Waals surface area contributed by atoms with Gasteiger partial charge in [0.05, 0.1) is 22.6 Å². The van der Waals surface area contributed by atoms with Crippen LogP contribution in [0.2, 0.25) is 0 Å². The second-order valence-corrected chi connectivity index (χ2v) is 9.06. The number of sulfone groups is 1. The number of nitrogens with zero attached hydrogens (tertiary/aromatic N) is 5. The van der Waals surface area contributed by atoms with Crippen LogP contribution in [0.5, 0.6) is 0 Å². The van der Waals surface area contributed by atoms with E-state index in [4.69, 9.17) is 4.42 Å². The second kappa shape index (κ2) is 5.49. The molecule has 1 saturated heterocycles. The van der Waals surface area contributed by atoms with Crippen molar-refractivity contribution in [2.75, 3.05) is 11.5 Å². The summed E-state index contributed by atoms with van der Waals surface area (Å²) >= 11 is 1.52. The number of aromatic nitrogens is 5. The Bertz CT molecular complexity index is 1000. The van der Waals surface area contributed by atoms with Crippen LogP contribution in [-0.2, 0) is 9.84 Å². The normalized spacial score (nSPS) is 19.8. The molecular weight excluding hydrogens is 350 g/mol. The maximum Gasteiger partial charge on any atom is 0.201 e. The van der Waals surface area contributed by atoms with E-state index >= 15 is 0 Å². The third-order valence-electron chi connectivity index (χ3n) is 3.99. The van der Waals surface area contributed by atoms with Crippen LogP contribution in [0, 0.1) is 13.8 Å². The van der Waals surface area contributed by atoms with Gasteiger partial charge in [-0.05, 0) is 20.3 Å². The van der Waals surface area contributed by atoms with Crippen LogP contribution < -0.4 is 0 Å². The average molecular weight is 365 g/mol. The lowest BCUT2D eigenvalue weighted by Crippen LogP contribution is -2.14. The van der Waals surface area contributed by atoms with Gasteiger partial charge >= 0.3 is 0 Å². The highest BCUT2D eigenvalue weighted by Crippen LogP contribution is 2.31. The highest BCUT2D eigenvalue weighted by molar-refractivity contribution is 7.91. The summed E-state index contributed by atoms with van der Waals surface area (Å²) in [5, 5.41) is 7.35. The zero-order valence-electron chi connectivity index (χ0n) is 13.1. The topological polar surface area (TPSA) is 104 Å². The summed E-state index contributed by atoms with van der Waals surface area (Å²) in [5.41, 5.74) is 1.25. The molecule has 24 heavy (non-hydrogen) atoms. The lowest BCUT2D eigenvalue weighted by atomic mass is 10.2. The zero-order valence-corrected chi connectivity index (χ0v) is 14.8. The third kappa shape index (κ3) is 2.65. The SMILES string of the molecule is Cc1nc(-c2nc(-c3ncoc3C)n([C@H]3CCS(=O)(=O)C3)n2)cs1. The molecule has 10 heteroatoms. The summed E-state index contributed by atoms with van der Waals surface area (Å²) in [6.45, 7) is 3.71. The van der Waals surface area contributed by atoms with Crippen LogP contribution in [0.25, 0.3) is 23.0 Å². The first-order chi connectivity index (χ1) is 11.4. The van der Waals surface area contributed by atoms with Gasteiger partial charge in [-0.25, -0.2) is 28.1 Å². The van der Waals surface area contributed by atoms with Crippen molar-refractivity contribution >= 4 is 21.2 Å². The Morgan fingerprint density at radius 3 is 2.75 bits per heavy atom. The molecule has 0 amide bonds. The van der Waals surface area contributed by atoms with Crippen LogP contribution >= 0.6 is 11.3 Å². The molecule has 0 N–H and O–H groups in total. The van der Waals surface area contributed by atoms with E-state index in [-0.39, 0.29) is 17.5 Å². The first-order valence-electron chi connectivity index (χ1n) is 7.43. The fourth-order valence-corrected chi connectivity index (χ4v) is 5.09. The molecule has 0 bridgehead atoms. The molecule has 1 aliphatic heterocycles. The van der Waals surface area contributed by atoms with Crippen molar-refractivity contribution < 1.29 is 12.8 Å². The van der Waals surface area contributed by atoms with Gasteiger partial charge < -0.3 is 4.42 Å². The molecule has 3 aromatic heterocycles. The molecule has 0 unspecified atom stereocenters. The quantitative estimate of drug-likeness (QED) is 0.699. The van der Waals surface area contributed by atoms with E-state index in [1.165, 1.54) is 17.7 Å². The highest BCUT2D eigenvalue weighted by Gasteiger charge is 2.33. The predicted octanol–water partition coefficient (Wildman–Crippen LogP) is 2.03. The van der Waals surface area contributed by atoms with E-state index in [1.807, 2.05) is 12.3 Å². The van der Waals surface area contributed by atoms with Crippen molar-refractivity contribution in [1.82, 2.24) is 24.7 Å². The Morgan fingerprint density at radius 2 is 2.17 bits per heavy atom. The lowest BCUT2D eigenvalue weighted by Gasteiger charge is -2.10. The van der Waals surface area contributed by atoms with Crippen molar-refractivity contribution in [2.24, 2.45) is 0 Å². The summed E-state index contributed by atoms with van der Waals surface area (Å²) in [7, 11) is -3.04. The molecular formula is C14H15N5O3S2. The predicted molar refractivity (Wildman–Crippen MR) is 88.4 cm³/mol. The fraction of sp³-hybridized carbons (Fsp3) is 0.429. The van der Waals surface area contributed by atoms with E-state index in [0.717, 1.165) is 5.01 Å². The maximum atomic E-state index is 11.9. The van der Waals surface area contributed by atoms with Gasteiger partial charge in [0.2, 0.25) is 5.82 Å². The summed E-state index contributed by atoms with van der Waals surface area (Å²) < 4.78 is 30.6. The molecule has 1 fully saturated rings. The fourth-order valence-electron chi connectivity index (χ4n) is 2.80. The van der Waals surface area contributed by atoms with E-state index < -0.39 is 9.84 Å². The molecule has 0 saturated carbocycles. The summed E-state index contributed by atoms with van der Waals surface area (Å²) in [6.07, 6.45) is 1.87. The molecule has 0 aliphatic carbocycles. The third-order valence-corrected chi connectivity index (χ3v) is 6.51.